The number of hydrogen-bond acceptors (Lipinski definition) is 3. The Labute approximate surface area is 159 Å². The lowest BCUT2D eigenvalue weighted by Crippen LogP contribution is -3.00. The molecule has 26 heavy (non-hydrogen) atoms. The molecule has 1 heterocycles. The Morgan fingerprint density at radius 3 is 2.50 bits per heavy atom. The molecule has 3 rings (SSSR count). The standard InChI is InChI=1S/C20H22N2O3.ClH/c1-13-5-8-17-16(11-13)20(2,3)19(21(17)4)10-6-14-12-15(22(24)25)7-9-18(14)23;/h5,7-9,11-12H,6,10H2,1-4H3;1H. The summed E-state index contributed by atoms with van der Waals surface area (Å²) >= 11 is 0. The van der Waals surface area contributed by atoms with Crippen molar-refractivity contribution in [3.8, 4) is 5.75 Å². The molecule has 138 valence electrons. The van der Waals surface area contributed by atoms with Crippen LogP contribution in [-0.4, -0.2) is 27.4 Å². The zero-order chi connectivity index (χ0) is 18.4. The third kappa shape index (κ3) is 3.31. The summed E-state index contributed by atoms with van der Waals surface area (Å²) in [5.41, 5.74) is 5.50. The van der Waals surface area contributed by atoms with Gasteiger partial charge in [-0.05, 0) is 39.3 Å². The fourth-order valence-corrected chi connectivity index (χ4v) is 3.78. The Morgan fingerprint density at radius 1 is 1.15 bits per heavy atom. The lowest BCUT2D eigenvalue weighted by molar-refractivity contribution is -0.404. The Hall–Kier alpha value is -2.40. The summed E-state index contributed by atoms with van der Waals surface area (Å²) in [6.07, 6.45) is 1.29. The first kappa shape index (κ1) is 19.9. The molecule has 1 aliphatic heterocycles. The van der Waals surface area contributed by atoms with E-state index in [0.717, 1.165) is 6.42 Å². The summed E-state index contributed by atoms with van der Waals surface area (Å²) in [6, 6.07) is 10.7. The van der Waals surface area contributed by atoms with Crippen LogP contribution in [0, 0.1) is 17.0 Å². The molecule has 0 saturated heterocycles. The number of rotatable bonds is 4. The Morgan fingerprint density at radius 2 is 1.85 bits per heavy atom. The highest BCUT2D eigenvalue weighted by Gasteiger charge is 2.43. The monoisotopic (exact) mass is 374 g/mol. The van der Waals surface area contributed by atoms with Crippen LogP contribution in [0.4, 0.5) is 11.4 Å². The molecule has 1 aliphatic rings. The van der Waals surface area contributed by atoms with Crippen LogP contribution in [0.3, 0.4) is 0 Å². The molecule has 1 N–H and O–H groups in total. The van der Waals surface area contributed by atoms with Gasteiger partial charge in [0.2, 0.25) is 5.69 Å². The van der Waals surface area contributed by atoms with Gasteiger partial charge in [0.15, 0.2) is 5.71 Å². The highest BCUT2D eigenvalue weighted by molar-refractivity contribution is 5.95. The smallest absolute Gasteiger partial charge is 0.269 e. The van der Waals surface area contributed by atoms with Gasteiger partial charge in [0.25, 0.3) is 5.69 Å². The van der Waals surface area contributed by atoms with Crippen LogP contribution in [-0.2, 0) is 11.8 Å². The van der Waals surface area contributed by atoms with Gasteiger partial charge in [0, 0.05) is 35.7 Å². The number of benzene rings is 2. The molecule has 0 unspecified atom stereocenters. The zero-order valence-electron chi connectivity index (χ0n) is 15.4. The number of fused-ring (bicyclic) bond motifs is 1. The lowest BCUT2D eigenvalue weighted by atomic mass is 9.79. The summed E-state index contributed by atoms with van der Waals surface area (Å²) < 4.78 is 2.21. The minimum absolute atomic E-state index is 0. The third-order valence-electron chi connectivity index (χ3n) is 5.22. The Kier molecular flexibility index (Phi) is 5.42. The Bertz CT molecular complexity index is 904. The molecule has 0 aliphatic carbocycles. The van der Waals surface area contributed by atoms with E-state index in [1.165, 1.54) is 40.7 Å². The van der Waals surface area contributed by atoms with Gasteiger partial charge < -0.3 is 17.5 Å². The highest BCUT2D eigenvalue weighted by atomic mass is 35.5. The fourth-order valence-electron chi connectivity index (χ4n) is 3.78. The summed E-state index contributed by atoms with van der Waals surface area (Å²) in [6.45, 7) is 6.50. The molecule has 5 nitrogen and oxygen atoms in total. The molecule has 2 aromatic rings. The van der Waals surface area contributed by atoms with Crippen molar-refractivity contribution < 1.29 is 27.0 Å². The molecule has 2 aromatic carbocycles. The fraction of sp³-hybridized carbons (Fsp3) is 0.350. The van der Waals surface area contributed by atoms with Crippen LogP contribution in [0.2, 0.25) is 0 Å². The molecule has 0 bridgehead atoms. The van der Waals surface area contributed by atoms with Crippen molar-refractivity contribution in [3.63, 3.8) is 0 Å². The molecule has 0 aromatic heterocycles. The van der Waals surface area contributed by atoms with Crippen LogP contribution in [0.15, 0.2) is 36.4 Å². The van der Waals surface area contributed by atoms with Crippen molar-refractivity contribution >= 4 is 17.1 Å². The molecule has 0 spiro atoms. The first-order chi connectivity index (χ1) is 11.7. The maximum Gasteiger partial charge on any atom is 0.269 e. The Balaban J connectivity index is 0.00000243. The van der Waals surface area contributed by atoms with Crippen molar-refractivity contribution in [3.05, 3.63) is 63.2 Å². The van der Waals surface area contributed by atoms with E-state index in [4.69, 9.17) is 0 Å². The second-order valence-corrected chi connectivity index (χ2v) is 7.22. The van der Waals surface area contributed by atoms with Gasteiger partial charge in [0.05, 0.1) is 10.3 Å². The number of phenolic OH excluding ortho intramolecular Hbond substituents is 1. The van der Waals surface area contributed by atoms with Gasteiger partial charge in [-0.15, -0.1) is 0 Å². The molecule has 6 heteroatoms. The summed E-state index contributed by atoms with van der Waals surface area (Å²) in [7, 11) is 2.06. The van der Waals surface area contributed by atoms with Crippen LogP contribution in [0.25, 0.3) is 0 Å². The van der Waals surface area contributed by atoms with E-state index in [1.807, 2.05) is 0 Å². The number of nitro benzene ring substituents is 1. The summed E-state index contributed by atoms with van der Waals surface area (Å²) in [5, 5.41) is 21.0. The number of non-ortho nitro benzene ring substituents is 1. The van der Waals surface area contributed by atoms with E-state index >= 15 is 0 Å². The van der Waals surface area contributed by atoms with Gasteiger partial charge in [-0.2, -0.15) is 0 Å². The van der Waals surface area contributed by atoms with Gasteiger partial charge in [-0.3, -0.25) is 10.1 Å². The highest BCUT2D eigenvalue weighted by Crippen LogP contribution is 2.40. The number of hydrogen-bond donors (Lipinski definition) is 1. The van der Waals surface area contributed by atoms with E-state index in [0.29, 0.717) is 12.0 Å². The van der Waals surface area contributed by atoms with Crippen molar-refractivity contribution in [2.75, 3.05) is 7.05 Å². The molecule has 0 fully saturated rings. The largest absolute Gasteiger partial charge is 1.00 e. The first-order valence-electron chi connectivity index (χ1n) is 8.39. The van der Waals surface area contributed by atoms with E-state index in [1.54, 1.807) is 0 Å². The molecular formula is C20H23ClN2O3. The molecule has 0 amide bonds. The summed E-state index contributed by atoms with van der Waals surface area (Å²) in [4.78, 5) is 10.5. The van der Waals surface area contributed by atoms with E-state index in [9.17, 15) is 15.2 Å². The molecule has 0 radical (unpaired) electrons. The van der Waals surface area contributed by atoms with Gasteiger partial charge in [0.1, 0.15) is 12.8 Å². The van der Waals surface area contributed by atoms with Gasteiger partial charge in [-0.1, -0.05) is 11.6 Å². The number of halogens is 1. The average Bonchev–Trinajstić information content (AvgIpc) is 2.73. The van der Waals surface area contributed by atoms with Gasteiger partial charge in [-0.25, -0.2) is 4.58 Å². The normalized spacial score (nSPS) is 14.8. The van der Waals surface area contributed by atoms with Gasteiger partial charge >= 0.3 is 0 Å². The van der Waals surface area contributed by atoms with Crippen molar-refractivity contribution in [2.24, 2.45) is 0 Å². The quantitative estimate of drug-likeness (QED) is 0.497. The van der Waals surface area contributed by atoms with E-state index < -0.39 is 4.92 Å². The van der Waals surface area contributed by atoms with Crippen LogP contribution < -0.4 is 12.4 Å². The molecule has 0 saturated carbocycles. The number of aryl methyl sites for hydroxylation is 2. The van der Waals surface area contributed by atoms with Crippen LogP contribution in [0.5, 0.6) is 5.75 Å². The summed E-state index contributed by atoms with van der Waals surface area (Å²) in [5.74, 6) is 0.109. The van der Waals surface area contributed by atoms with Crippen molar-refractivity contribution in [2.45, 2.75) is 39.0 Å². The number of nitro groups is 1. The van der Waals surface area contributed by atoms with Crippen molar-refractivity contribution in [1.29, 1.82) is 0 Å². The molecule has 0 atom stereocenters. The molecular weight excluding hydrogens is 352 g/mol. The van der Waals surface area contributed by atoms with E-state index in [2.05, 4.69) is 50.6 Å². The number of phenols is 1. The predicted molar refractivity (Wildman–Crippen MR) is 98.1 cm³/mol. The van der Waals surface area contributed by atoms with E-state index in [-0.39, 0.29) is 29.3 Å². The maximum atomic E-state index is 11.0. The maximum absolute atomic E-state index is 11.0. The minimum Gasteiger partial charge on any atom is -1.00 e. The average molecular weight is 375 g/mol. The third-order valence-corrected chi connectivity index (χ3v) is 5.22. The predicted octanol–water partition coefficient (Wildman–Crippen LogP) is 1.25. The van der Waals surface area contributed by atoms with Crippen molar-refractivity contribution in [1.82, 2.24) is 0 Å². The van der Waals surface area contributed by atoms with Crippen LogP contribution >= 0.6 is 0 Å². The minimum atomic E-state index is -0.430. The second-order valence-electron chi connectivity index (χ2n) is 7.22. The van der Waals surface area contributed by atoms with Crippen LogP contribution in [0.1, 0.15) is 37.0 Å². The SMILES string of the molecule is Cc1ccc2c(c1)C(C)(C)C(CCc1cc([N+](=O)[O-])ccc1O)=[N+]2C.[Cl-]. The zero-order valence-corrected chi connectivity index (χ0v) is 16.2. The number of nitrogens with zero attached hydrogens (tertiary/aromatic N) is 2. The lowest BCUT2D eigenvalue weighted by Gasteiger charge is -2.18. The first-order valence-corrected chi connectivity index (χ1v) is 8.39. The second kappa shape index (κ2) is 7.08. The number of aromatic hydroxyl groups is 1. The topological polar surface area (TPSA) is 66.4 Å².